The van der Waals surface area contributed by atoms with Crippen molar-refractivity contribution in [3.8, 4) is 0 Å². The minimum Gasteiger partial charge on any atom is -0.375 e. The Morgan fingerprint density at radius 2 is 2.12 bits per heavy atom. The molecule has 0 aromatic carbocycles. The number of likely N-dealkylation sites (tertiary alicyclic amines) is 1. The van der Waals surface area contributed by atoms with Crippen molar-refractivity contribution in [3.63, 3.8) is 0 Å². The Labute approximate surface area is 147 Å². The Balaban J connectivity index is 1.32. The molecule has 5 nitrogen and oxygen atoms in total. The fourth-order valence-electron chi connectivity index (χ4n) is 3.82. The summed E-state index contributed by atoms with van der Waals surface area (Å²) in [6.45, 7) is 4.13. The molecule has 128 valence electrons. The highest BCUT2D eigenvalue weighted by atomic mass is 32.1. The Morgan fingerprint density at radius 3 is 2.88 bits per heavy atom. The number of hydrogen-bond donors (Lipinski definition) is 1. The van der Waals surface area contributed by atoms with Crippen LogP contribution in [0.3, 0.4) is 0 Å². The van der Waals surface area contributed by atoms with E-state index >= 15 is 0 Å². The van der Waals surface area contributed by atoms with Crippen LogP contribution in [-0.2, 0) is 11.3 Å². The Kier molecular flexibility index (Phi) is 4.78. The number of ether oxygens (including phenoxy) is 1. The monoisotopic (exact) mass is 344 g/mol. The van der Waals surface area contributed by atoms with Crippen LogP contribution in [-0.4, -0.2) is 46.2 Å². The van der Waals surface area contributed by atoms with E-state index < -0.39 is 0 Å². The largest absolute Gasteiger partial charge is 0.375 e. The lowest BCUT2D eigenvalue weighted by molar-refractivity contribution is -0.115. The van der Waals surface area contributed by atoms with Gasteiger partial charge < -0.3 is 10.1 Å². The highest BCUT2D eigenvalue weighted by Gasteiger charge is 2.40. The van der Waals surface area contributed by atoms with Gasteiger partial charge in [-0.05, 0) is 54.1 Å². The van der Waals surface area contributed by atoms with Crippen LogP contribution in [0.4, 0.5) is 5.95 Å². The van der Waals surface area contributed by atoms with Gasteiger partial charge in [0.05, 0.1) is 5.60 Å². The molecule has 2 aliphatic heterocycles. The van der Waals surface area contributed by atoms with Crippen LogP contribution in [0.1, 0.15) is 31.2 Å². The van der Waals surface area contributed by atoms with Gasteiger partial charge >= 0.3 is 0 Å². The van der Waals surface area contributed by atoms with Crippen LogP contribution in [0.15, 0.2) is 35.3 Å². The van der Waals surface area contributed by atoms with Gasteiger partial charge in [-0.25, -0.2) is 9.97 Å². The molecule has 2 fully saturated rings. The zero-order valence-electron chi connectivity index (χ0n) is 13.9. The molecule has 0 bridgehead atoms. The molecule has 2 saturated heterocycles. The molecular formula is C18H24N4OS. The molecular weight excluding hydrogens is 320 g/mol. The summed E-state index contributed by atoms with van der Waals surface area (Å²) >= 11 is 1.78. The van der Waals surface area contributed by atoms with Crippen LogP contribution in [0, 0.1) is 0 Å². The summed E-state index contributed by atoms with van der Waals surface area (Å²) in [7, 11) is 0. The first-order chi connectivity index (χ1) is 11.8. The maximum absolute atomic E-state index is 6.25. The van der Waals surface area contributed by atoms with Gasteiger partial charge in [0.15, 0.2) is 0 Å². The summed E-state index contributed by atoms with van der Waals surface area (Å²) in [5.74, 6) is 0.731. The van der Waals surface area contributed by atoms with Gasteiger partial charge in [0.25, 0.3) is 0 Å². The topological polar surface area (TPSA) is 50.3 Å². The third-order valence-corrected chi connectivity index (χ3v) is 5.88. The molecule has 0 amide bonds. The van der Waals surface area contributed by atoms with E-state index in [1.54, 1.807) is 23.7 Å². The third kappa shape index (κ3) is 3.77. The smallest absolute Gasteiger partial charge is 0.222 e. The number of thiophene rings is 1. The first-order valence-corrected chi connectivity index (χ1v) is 9.67. The lowest BCUT2D eigenvalue weighted by Crippen LogP contribution is -2.51. The summed E-state index contributed by atoms with van der Waals surface area (Å²) in [4.78, 5) is 11.1. The summed E-state index contributed by atoms with van der Waals surface area (Å²) in [6.07, 6.45) is 7.88. The van der Waals surface area contributed by atoms with Crippen LogP contribution in [0.25, 0.3) is 0 Å². The van der Waals surface area contributed by atoms with Crippen molar-refractivity contribution in [2.24, 2.45) is 0 Å². The SMILES string of the molecule is c1cnc(N[C@H]2CCOC3(CCN(Cc4ccsc4)CC3)C2)nc1. The summed E-state index contributed by atoms with van der Waals surface area (Å²) < 4.78 is 6.25. The molecule has 4 heterocycles. The average molecular weight is 344 g/mol. The van der Waals surface area contributed by atoms with Crippen molar-refractivity contribution in [1.29, 1.82) is 0 Å². The van der Waals surface area contributed by atoms with E-state index in [-0.39, 0.29) is 5.60 Å². The van der Waals surface area contributed by atoms with Gasteiger partial charge in [0, 0.05) is 44.7 Å². The number of hydrogen-bond acceptors (Lipinski definition) is 6. The van der Waals surface area contributed by atoms with E-state index in [4.69, 9.17) is 4.74 Å². The van der Waals surface area contributed by atoms with Crippen LogP contribution >= 0.6 is 11.3 Å². The van der Waals surface area contributed by atoms with E-state index in [0.717, 1.165) is 57.9 Å². The van der Waals surface area contributed by atoms with E-state index in [9.17, 15) is 0 Å². The van der Waals surface area contributed by atoms with Gasteiger partial charge in [-0.3, -0.25) is 4.90 Å². The predicted octanol–water partition coefficient (Wildman–Crippen LogP) is 3.16. The maximum Gasteiger partial charge on any atom is 0.222 e. The molecule has 0 saturated carbocycles. The van der Waals surface area contributed by atoms with Crippen molar-refractivity contribution in [2.45, 2.75) is 43.9 Å². The van der Waals surface area contributed by atoms with E-state index in [1.165, 1.54) is 5.56 Å². The normalized spacial score (nSPS) is 24.1. The molecule has 2 aliphatic rings. The number of nitrogens with one attached hydrogen (secondary N) is 1. The second kappa shape index (κ2) is 7.17. The fourth-order valence-corrected chi connectivity index (χ4v) is 4.47. The fraction of sp³-hybridized carbons (Fsp3) is 0.556. The van der Waals surface area contributed by atoms with Crippen LogP contribution < -0.4 is 5.32 Å². The molecule has 1 N–H and O–H groups in total. The van der Waals surface area contributed by atoms with Crippen LogP contribution in [0.5, 0.6) is 0 Å². The highest BCUT2D eigenvalue weighted by Crippen LogP contribution is 2.36. The predicted molar refractivity (Wildman–Crippen MR) is 96.2 cm³/mol. The number of aromatic nitrogens is 2. The number of piperidine rings is 1. The molecule has 6 heteroatoms. The van der Waals surface area contributed by atoms with Gasteiger partial charge in [0.2, 0.25) is 5.95 Å². The van der Waals surface area contributed by atoms with Crippen molar-refractivity contribution in [1.82, 2.24) is 14.9 Å². The Morgan fingerprint density at radius 1 is 1.29 bits per heavy atom. The number of anilines is 1. The molecule has 24 heavy (non-hydrogen) atoms. The van der Waals surface area contributed by atoms with Gasteiger partial charge in [-0.1, -0.05) is 0 Å². The first-order valence-electron chi connectivity index (χ1n) is 8.72. The zero-order valence-corrected chi connectivity index (χ0v) is 14.7. The van der Waals surface area contributed by atoms with Crippen molar-refractivity contribution >= 4 is 17.3 Å². The van der Waals surface area contributed by atoms with Crippen molar-refractivity contribution in [3.05, 3.63) is 40.8 Å². The Hall–Kier alpha value is -1.50. The zero-order chi connectivity index (χ0) is 16.2. The highest BCUT2D eigenvalue weighted by molar-refractivity contribution is 7.07. The number of nitrogens with zero attached hydrogens (tertiary/aromatic N) is 3. The van der Waals surface area contributed by atoms with Gasteiger partial charge in [-0.2, -0.15) is 11.3 Å². The average Bonchev–Trinajstić information content (AvgIpc) is 3.11. The second-order valence-electron chi connectivity index (χ2n) is 6.85. The van der Waals surface area contributed by atoms with E-state index in [0.29, 0.717) is 6.04 Å². The molecule has 0 radical (unpaired) electrons. The molecule has 0 aliphatic carbocycles. The lowest BCUT2D eigenvalue weighted by Gasteiger charge is -2.46. The summed E-state index contributed by atoms with van der Waals surface area (Å²) in [5.41, 5.74) is 1.47. The molecule has 1 atom stereocenters. The molecule has 2 aromatic heterocycles. The van der Waals surface area contributed by atoms with Crippen molar-refractivity contribution in [2.75, 3.05) is 25.0 Å². The third-order valence-electron chi connectivity index (χ3n) is 5.15. The van der Waals surface area contributed by atoms with Gasteiger partial charge in [-0.15, -0.1) is 0 Å². The second-order valence-corrected chi connectivity index (χ2v) is 7.63. The Bertz CT molecular complexity index is 626. The first kappa shape index (κ1) is 16.0. The number of rotatable bonds is 4. The standard InChI is InChI=1S/C18H24N4OS/c1-6-19-17(20-7-1)21-16-2-10-23-18(12-16)4-8-22(9-5-18)13-15-3-11-24-14-15/h1,3,6-7,11,14,16H,2,4-5,8-10,12-13H2,(H,19,20,21)/t16-/m0/s1. The summed E-state index contributed by atoms with van der Waals surface area (Å²) in [5, 5.41) is 7.90. The van der Waals surface area contributed by atoms with E-state index in [2.05, 4.69) is 37.0 Å². The molecule has 1 spiro atoms. The minimum atomic E-state index is 0.0375. The molecule has 2 aromatic rings. The van der Waals surface area contributed by atoms with Gasteiger partial charge in [0.1, 0.15) is 0 Å². The maximum atomic E-state index is 6.25. The molecule has 4 rings (SSSR count). The van der Waals surface area contributed by atoms with Crippen molar-refractivity contribution < 1.29 is 4.74 Å². The molecule has 0 unspecified atom stereocenters. The minimum absolute atomic E-state index is 0.0375. The summed E-state index contributed by atoms with van der Waals surface area (Å²) in [6, 6.07) is 4.48. The lowest BCUT2D eigenvalue weighted by atomic mass is 9.82. The van der Waals surface area contributed by atoms with E-state index in [1.807, 2.05) is 6.07 Å². The quantitative estimate of drug-likeness (QED) is 0.923. The van der Waals surface area contributed by atoms with Crippen LogP contribution in [0.2, 0.25) is 0 Å².